The maximum absolute atomic E-state index is 10.9. The van der Waals surface area contributed by atoms with E-state index >= 15 is 0 Å². The van der Waals surface area contributed by atoms with Gasteiger partial charge in [0.05, 0.1) is 12.4 Å². The molecule has 0 unspecified atom stereocenters. The van der Waals surface area contributed by atoms with Gasteiger partial charge in [0.15, 0.2) is 9.84 Å². The molecule has 0 saturated heterocycles. The van der Waals surface area contributed by atoms with Gasteiger partial charge >= 0.3 is 0 Å². The quantitative estimate of drug-likeness (QED) is 0.892. The zero-order chi connectivity index (χ0) is 12.2. The van der Waals surface area contributed by atoms with Crippen LogP contribution < -0.4 is 4.74 Å². The molecule has 0 saturated carbocycles. The number of rotatable bonds is 5. The molecule has 0 aromatic heterocycles. The van der Waals surface area contributed by atoms with Gasteiger partial charge in [0.25, 0.3) is 0 Å². The summed E-state index contributed by atoms with van der Waals surface area (Å²) in [5, 5.41) is 9.08. The third-order valence-corrected chi connectivity index (χ3v) is 3.31. The Labute approximate surface area is 103 Å². The minimum atomic E-state index is -3.02. The summed E-state index contributed by atoms with van der Waals surface area (Å²) in [4.78, 5) is 0. The van der Waals surface area contributed by atoms with Crippen molar-refractivity contribution in [1.82, 2.24) is 0 Å². The summed E-state index contributed by atoms with van der Waals surface area (Å²) >= 11 is 3.27. The number of halogens is 1. The van der Waals surface area contributed by atoms with Crippen LogP contribution in [0.3, 0.4) is 0 Å². The first-order valence-electron chi connectivity index (χ1n) is 4.62. The predicted molar refractivity (Wildman–Crippen MR) is 65.3 cm³/mol. The third kappa shape index (κ3) is 4.51. The van der Waals surface area contributed by atoms with Crippen molar-refractivity contribution < 1.29 is 18.3 Å². The zero-order valence-corrected chi connectivity index (χ0v) is 11.2. The second-order valence-corrected chi connectivity index (χ2v) is 6.56. The average molecular weight is 309 g/mol. The van der Waals surface area contributed by atoms with Crippen LogP contribution in [-0.2, 0) is 16.4 Å². The van der Waals surface area contributed by atoms with Crippen LogP contribution in [0.1, 0.15) is 5.56 Å². The standard InChI is InChI=1S/C10H13BrO4S/c1-16(13,14)5-4-15-10-3-2-9(11)6-8(10)7-12/h2-3,6,12H,4-5,7H2,1H3. The van der Waals surface area contributed by atoms with E-state index < -0.39 is 9.84 Å². The molecule has 0 bridgehead atoms. The van der Waals surface area contributed by atoms with Crippen molar-refractivity contribution in [2.24, 2.45) is 0 Å². The first-order valence-corrected chi connectivity index (χ1v) is 7.47. The van der Waals surface area contributed by atoms with Gasteiger partial charge in [0.1, 0.15) is 12.4 Å². The summed E-state index contributed by atoms with van der Waals surface area (Å²) in [6.07, 6.45) is 1.16. The maximum Gasteiger partial charge on any atom is 0.150 e. The summed E-state index contributed by atoms with van der Waals surface area (Å²) < 4.78 is 27.9. The summed E-state index contributed by atoms with van der Waals surface area (Å²) in [7, 11) is -3.02. The van der Waals surface area contributed by atoms with Crippen LogP contribution in [0.4, 0.5) is 0 Å². The lowest BCUT2D eigenvalue weighted by molar-refractivity contribution is 0.267. The Balaban J connectivity index is 2.67. The monoisotopic (exact) mass is 308 g/mol. The van der Waals surface area contributed by atoms with Gasteiger partial charge in [-0.15, -0.1) is 0 Å². The van der Waals surface area contributed by atoms with E-state index in [1.165, 1.54) is 0 Å². The molecule has 1 aromatic carbocycles. The number of aliphatic hydroxyl groups is 1. The van der Waals surface area contributed by atoms with E-state index in [4.69, 9.17) is 9.84 Å². The van der Waals surface area contributed by atoms with E-state index in [0.717, 1.165) is 10.7 Å². The van der Waals surface area contributed by atoms with Crippen molar-refractivity contribution in [2.75, 3.05) is 18.6 Å². The fraction of sp³-hybridized carbons (Fsp3) is 0.400. The molecule has 0 amide bonds. The molecule has 1 N–H and O–H groups in total. The van der Waals surface area contributed by atoms with Crippen molar-refractivity contribution in [2.45, 2.75) is 6.61 Å². The highest BCUT2D eigenvalue weighted by molar-refractivity contribution is 9.10. The molecule has 0 spiro atoms. The van der Waals surface area contributed by atoms with Gasteiger partial charge in [-0.05, 0) is 18.2 Å². The molecule has 6 heteroatoms. The molecule has 0 radical (unpaired) electrons. The van der Waals surface area contributed by atoms with Crippen molar-refractivity contribution in [3.63, 3.8) is 0 Å². The van der Waals surface area contributed by atoms with E-state index in [9.17, 15) is 8.42 Å². The lowest BCUT2D eigenvalue weighted by Gasteiger charge is -2.09. The minimum absolute atomic E-state index is 0.0338. The molecule has 1 aromatic rings. The normalized spacial score (nSPS) is 11.4. The molecule has 4 nitrogen and oxygen atoms in total. The van der Waals surface area contributed by atoms with Crippen LogP contribution in [0, 0.1) is 0 Å². The van der Waals surface area contributed by atoms with Crippen LogP contribution >= 0.6 is 15.9 Å². The molecule has 0 aliphatic rings. The van der Waals surface area contributed by atoms with Crippen LogP contribution in [0.25, 0.3) is 0 Å². The lowest BCUT2D eigenvalue weighted by Crippen LogP contribution is -2.12. The Hall–Kier alpha value is -0.590. The van der Waals surface area contributed by atoms with Gasteiger partial charge in [-0.25, -0.2) is 8.42 Å². The van der Waals surface area contributed by atoms with E-state index in [0.29, 0.717) is 11.3 Å². The van der Waals surface area contributed by atoms with Crippen molar-refractivity contribution >= 4 is 25.8 Å². The van der Waals surface area contributed by atoms with Gasteiger partial charge in [-0.2, -0.15) is 0 Å². The highest BCUT2D eigenvalue weighted by Gasteiger charge is 2.06. The maximum atomic E-state index is 10.9. The zero-order valence-electron chi connectivity index (χ0n) is 8.81. The number of hydrogen-bond acceptors (Lipinski definition) is 4. The molecular weight excluding hydrogens is 296 g/mol. The molecule has 16 heavy (non-hydrogen) atoms. The first-order chi connectivity index (χ1) is 7.42. The molecule has 0 aliphatic carbocycles. The van der Waals surface area contributed by atoms with Crippen LogP contribution in [0.5, 0.6) is 5.75 Å². The lowest BCUT2D eigenvalue weighted by atomic mass is 10.2. The van der Waals surface area contributed by atoms with E-state index in [-0.39, 0.29) is 19.0 Å². The van der Waals surface area contributed by atoms with Crippen LogP contribution in [0.15, 0.2) is 22.7 Å². The smallest absolute Gasteiger partial charge is 0.150 e. The Morgan fingerprint density at radius 2 is 2.12 bits per heavy atom. The number of sulfone groups is 1. The van der Waals surface area contributed by atoms with E-state index in [2.05, 4.69) is 15.9 Å². The molecule has 90 valence electrons. The summed E-state index contributed by atoms with van der Waals surface area (Å²) in [5.74, 6) is 0.475. The van der Waals surface area contributed by atoms with Crippen molar-refractivity contribution in [1.29, 1.82) is 0 Å². The fourth-order valence-electron chi connectivity index (χ4n) is 1.12. The third-order valence-electron chi connectivity index (χ3n) is 1.90. The number of hydrogen-bond donors (Lipinski definition) is 1. The van der Waals surface area contributed by atoms with Crippen LogP contribution in [0.2, 0.25) is 0 Å². The molecule has 0 fully saturated rings. The molecular formula is C10H13BrO4S. The average Bonchev–Trinajstić information content (AvgIpc) is 2.18. The van der Waals surface area contributed by atoms with Gasteiger partial charge in [-0.1, -0.05) is 15.9 Å². The molecule has 0 atom stereocenters. The molecule has 1 rings (SSSR count). The van der Waals surface area contributed by atoms with Gasteiger partial charge in [0, 0.05) is 16.3 Å². The number of aliphatic hydroxyl groups excluding tert-OH is 1. The minimum Gasteiger partial charge on any atom is -0.492 e. The Morgan fingerprint density at radius 1 is 1.44 bits per heavy atom. The fourth-order valence-corrected chi connectivity index (χ4v) is 1.91. The Kier molecular flexibility index (Phi) is 4.76. The Bertz CT molecular complexity index is 456. The predicted octanol–water partition coefficient (Wildman–Crippen LogP) is 1.36. The first kappa shape index (κ1) is 13.5. The largest absolute Gasteiger partial charge is 0.492 e. The Morgan fingerprint density at radius 3 is 2.69 bits per heavy atom. The van der Waals surface area contributed by atoms with Crippen LogP contribution in [-0.4, -0.2) is 32.1 Å². The van der Waals surface area contributed by atoms with Gasteiger partial charge in [0.2, 0.25) is 0 Å². The van der Waals surface area contributed by atoms with E-state index in [1.807, 2.05) is 0 Å². The topological polar surface area (TPSA) is 63.6 Å². The van der Waals surface area contributed by atoms with Crippen molar-refractivity contribution in [3.8, 4) is 5.75 Å². The summed E-state index contributed by atoms with van der Waals surface area (Å²) in [6.45, 7) is -0.0545. The summed E-state index contributed by atoms with van der Waals surface area (Å²) in [6, 6.07) is 5.20. The number of benzene rings is 1. The highest BCUT2D eigenvalue weighted by atomic mass is 79.9. The number of ether oxygens (including phenoxy) is 1. The summed E-state index contributed by atoms with van der Waals surface area (Å²) in [5.41, 5.74) is 0.628. The van der Waals surface area contributed by atoms with E-state index in [1.54, 1.807) is 18.2 Å². The molecule has 0 aliphatic heterocycles. The second-order valence-electron chi connectivity index (χ2n) is 3.39. The van der Waals surface area contributed by atoms with Gasteiger partial charge < -0.3 is 9.84 Å². The van der Waals surface area contributed by atoms with Crippen molar-refractivity contribution in [3.05, 3.63) is 28.2 Å². The molecule has 0 heterocycles. The van der Waals surface area contributed by atoms with Gasteiger partial charge in [-0.3, -0.25) is 0 Å². The second kappa shape index (κ2) is 5.65. The SMILES string of the molecule is CS(=O)(=O)CCOc1ccc(Br)cc1CO. The highest BCUT2D eigenvalue weighted by Crippen LogP contribution is 2.23.